The van der Waals surface area contributed by atoms with Crippen LogP contribution in [-0.4, -0.2) is 0 Å². The number of hydrogen-bond donors (Lipinski definition) is 0. The minimum absolute atomic E-state index is 0. The van der Waals surface area contributed by atoms with Gasteiger partial charge in [0.15, 0.2) is 0 Å². The molecule has 0 fully saturated rings. The smallest absolute Gasteiger partial charge is 1.00 e. The predicted molar refractivity (Wildman–Crippen MR) is 95.6 cm³/mol. The van der Waals surface area contributed by atoms with Gasteiger partial charge in [0.25, 0.3) is 0 Å². The molecule has 1 aliphatic carbocycles. The van der Waals surface area contributed by atoms with E-state index in [0.717, 1.165) is 12.2 Å². The van der Waals surface area contributed by atoms with Gasteiger partial charge in [-0.2, -0.15) is 0 Å². The molecule has 0 spiro atoms. The van der Waals surface area contributed by atoms with Crippen molar-refractivity contribution in [3.05, 3.63) is 82.4 Å². The first-order valence-electron chi connectivity index (χ1n) is 8.34. The van der Waals surface area contributed by atoms with Crippen molar-refractivity contribution in [2.45, 2.75) is 27.2 Å². The van der Waals surface area contributed by atoms with E-state index in [1.165, 1.54) is 42.8 Å². The van der Waals surface area contributed by atoms with E-state index in [4.69, 9.17) is 3.32 Å². The third-order valence-electron chi connectivity index (χ3n) is 4.72. The van der Waals surface area contributed by atoms with E-state index < -0.39 is 19.5 Å². The quantitative estimate of drug-likeness (QED) is 0.383. The number of halogens is 2. The molecular formula is C22H20Cl2OTi. The Labute approximate surface area is 177 Å². The van der Waals surface area contributed by atoms with Crippen LogP contribution in [0.2, 0.25) is 0 Å². The molecule has 0 saturated heterocycles. The molecule has 0 bridgehead atoms. The molecule has 0 amide bonds. The summed E-state index contributed by atoms with van der Waals surface area (Å²) in [6.07, 6.45) is 1.04. The summed E-state index contributed by atoms with van der Waals surface area (Å²) in [5.74, 6) is 1.08. The molecule has 1 aliphatic rings. The molecule has 4 rings (SSSR count). The summed E-state index contributed by atoms with van der Waals surface area (Å²) in [7, 11) is 0. The first kappa shape index (κ1) is 21.1. The van der Waals surface area contributed by atoms with E-state index in [0.29, 0.717) is 0 Å². The SMILES string of the molecule is Cc1cc(C)c([O][Ti+2][c]2cccc3c2Cc2ccccc2-3)c(C)c1.[Cl-].[Cl-]. The van der Waals surface area contributed by atoms with Crippen molar-refractivity contribution in [2.75, 3.05) is 0 Å². The second kappa shape index (κ2) is 8.63. The van der Waals surface area contributed by atoms with Crippen molar-refractivity contribution in [1.82, 2.24) is 0 Å². The van der Waals surface area contributed by atoms with E-state index >= 15 is 0 Å². The summed E-state index contributed by atoms with van der Waals surface area (Å²) in [4.78, 5) is 0. The number of aryl methyl sites for hydroxylation is 3. The van der Waals surface area contributed by atoms with Gasteiger partial charge in [0, 0.05) is 0 Å². The molecule has 0 N–H and O–H groups in total. The van der Waals surface area contributed by atoms with Crippen LogP contribution in [0.15, 0.2) is 54.6 Å². The Kier molecular flexibility index (Phi) is 6.99. The summed E-state index contributed by atoms with van der Waals surface area (Å²) in [6, 6.07) is 19.8. The number of rotatable bonds is 3. The molecule has 0 heterocycles. The normalized spacial score (nSPS) is 10.7. The number of hydrogen-bond acceptors (Lipinski definition) is 1. The second-order valence-corrected chi connectivity index (χ2v) is 8.08. The zero-order valence-electron chi connectivity index (χ0n) is 15.1. The van der Waals surface area contributed by atoms with Crippen LogP contribution >= 0.6 is 0 Å². The van der Waals surface area contributed by atoms with Crippen molar-refractivity contribution >= 4 is 3.87 Å². The van der Waals surface area contributed by atoms with Gasteiger partial charge < -0.3 is 24.8 Å². The maximum Gasteiger partial charge on any atom is -1.00 e. The van der Waals surface area contributed by atoms with Gasteiger partial charge in [-0.15, -0.1) is 0 Å². The van der Waals surface area contributed by atoms with Crippen LogP contribution in [0.25, 0.3) is 11.1 Å². The first-order chi connectivity index (χ1) is 11.6. The van der Waals surface area contributed by atoms with Crippen LogP contribution in [-0.2, 0) is 26.0 Å². The summed E-state index contributed by atoms with van der Waals surface area (Å²) < 4.78 is 7.78. The van der Waals surface area contributed by atoms with E-state index in [1.54, 1.807) is 0 Å². The van der Waals surface area contributed by atoms with Crippen LogP contribution in [0, 0.1) is 20.8 Å². The summed E-state index contributed by atoms with van der Waals surface area (Å²) in [5.41, 5.74) is 9.49. The third kappa shape index (κ3) is 3.87. The standard InChI is InChI=1S/C13H9.C9H12O.2ClH.Ti/c1-3-7-12-10(5-1)9-11-6-2-4-8-13(11)12;1-6-4-7(2)9(10)8(3)5-6;;;/h1-5,7-8H,9H2;4-5,10H,1-3H3;2*1H;/q;;;;+3/p-3. The Morgan fingerprint density at radius 3 is 2.19 bits per heavy atom. The van der Waals surface area contributed by atoms with E-state index in [2.05, 4.69) is 75.4 Å². The Morgan fingerprint density at radius 2 is 1.46 bits per heavy atom. The molecule has 26 heavy (non-hydrogen) atoms. The van der Waals surface area contributed by atoms with Crippen molar-refractivity contribution in [2.24, 2.45) is 0 Å². The van der Waals surface area contributed by atoms with Gasteiger partial charge in [0.2, 0.25) is 0 Å². The maximum absolute atomic E-state index is 6.36. The van der Waals surface area contributed by atoms with Gasteiger partial charge >= 0.3 is 153 Å². The number of fused-ring (bicyclic) bond motifs is 3. The van der Waals surface area contributed by atoms with Crippen LogP contribution in [0.4, 0.5) is 0 Å². The van der Waals surface area contributed by atoms with Gasteiger partial charge in [-0.05, 0) is 0 Å². The largest absolute Gasteiger partial charge is 1.00 e. The van der Waals surface area contributed by atoms with Crippen LogP contribution in [0.5, 0.6) is 5.75 Å². The predicted octanol–water partition coefficient (Wildman–Crippen LogP) is -1.11. The molecule has 1 nitrogen and oxygen atoms in total. The zero-order chi connectivity index (χ0) is 16.7. The van der Waals surface area contributed by atoms with Gasteiger partial charge in [-0.25, -0.2) is 0 Å². The van der Waals surface area contributed by atoms with Crippen LogP contribution in [0.3, 0.4) is 0 Å². The van der Waals surface area contributed by atoms with Gasteiger partial charge in [0.1, 0.15) is 0 Å². The van der Waals surface area contributed by atoms with Crippen molar-refractivity contribution in [3.63, 3.8) is 0 Å². The Bertz CT molecular complexity index is 914. The topological polar surface area (TPSA) is 9.23 Å². The summed E-state index contributed by atoms with van der Waals surface area (Å²) in [6.45, 7) is 6.43. The third-order valence-corrected chi connectivity index (χ3v) is 6.27. The average molecular weight is 419 g/mol. The molecule has 3 aromatic carbocycles. The Hall–Kier alpha value is -1.25. The molecule has 0 saturated carbocycles. The van der Waals surface area contributed by atoms with E-state index in [1.807, 2.05) is 0 Å². The molecular weight excluding hydrogens is 399 g/mol. The van der Waals surface area contributed by atoms with Crippen molar-refractivity contribution in [1.29, 1.82) is 0 Å². The molecule has 0 radical (unpaired) electrons. The van der Waals surface area contributed by atoms with Crippen LogP contribution < -0.4 is 32.0 Å². The fraction of sp³-hybridized carbons (Fsp3) is 0.182. The number of benzene rings is 3. The molecule has 0 atom stereocenters. The second-order valence-electron chi connectivity index (χ2n) is 6.60. The first-order valence-corrected chi connectivity index (χ1v) is 9.76. The Balaban J connectivity index is 0.00000121. The minimum Gasteiger partial charge on any atom is -1.00 e. The molecule has 4 heteroatoms. The summed E-state index contributed by atoms with van der Waals surface area (Å²) >= 11 is -0.658. The molecule has 3 aromatic rings. The van der Waals surface area contributed by atoms with Gasteiger partial charge in [-0.3, -0.25) is 0 Å². The summed E-state index contributed by atoms with van der Waals surface area (Å²) in [5, 5.41) is 0. The maximum atomic E-state index is 6.36. The fourth-order valence-electron chi connectivity index (χ4n) is 3.69. The van der Waals surface area contributed by atoms with Gasteiger partial charge in [-0.1, -0.05) is 0 Å². The molecule has 0 aliphatic heterocycles. The van der Waals surface area contributed by atoms with Crippen molar-refractivity contribution < 1.29 is 47.7 Å². The Morgan fingerprint density at radius 1 is 0.808 bits per heavy atom. The zero-order valence-corrected chi connectivity index (χ0v) is 18.1. The van der Waals surface area contributed by atoms with Gasteiger partial charge in [0.05, 0.1) is 0 Å². The molecule has 0 aromatic heterocycles. The van der Waals surface area contributed by atoms with E-state index in [-0.39, 0.29) is 24.8 Å². The minimum atomic E-state index is -0.658. The van der Waals surface area contributed by atoms with Crippen LogP contribution in [0.1, 0.15) is 27.8 Å². The van der Waals surface area contributed by atoms with E-state index in [9.17, 15) is 0 Å². The average Bonchev–Trinajstić information content (AvgIpc) is 2.93. The molecule has 132 valence electrons. The monoisotopic (exact) mass is 418 g/mol. The molecule has 0 unspecified atom stereocenters. The fourth-order valence-corrected chi connectivity index (χ4v) is 5.32. The van der Waals surface area contributed by atoms with Crippen molar-refractivity contribution in [3.8, 4) is 16.9 Å².